The summed E-state index contributed by atoms with van der Waals surface area (Å²) in [5, 5.41) is 1.56. The summed E-state index contributed by atoms with van der Waals surface area (Å²) in [6.07, 6.45) is -3.34. The van der Waals surface area contributed by atoms with Gasteiger partial charge in [0.05, 0.1) is 33.5 Å². The molecule has 18 nitrogen and oxygen atoms in total. The Bertz CT molecular complexity index is 3330. The smallest absolute Gasteiger partial charge is 0.475 e. The molecule has 0 radical (unpaired) electrons. The van der Waals surface area contributed by atoms with Crippen LogP contribution in [-0.4, -0.2) is 85.4 Å². The van der Waals surface area contributed by atoms with Gasteiger partial charge in [-0.15, -0.1) is 0 Å². The zero-order valence-electron chi connectivity index (χ0n) is 44.3. The first-order valence-electron chi connectivity index (χ1n) is 25.9. The van der Waals surface area contributed by atoms with E-state index >= 15 is 4.57 Å². The van der Waals surface area contributed by atoms with Crippen LogP contribution in [0.3, 0.4) is 0 Å². The van der Waals surface area contributed by atoms with Crippen molar-refractivity contribution in [2.75, 3.05) is 33.2 Å². The molecule has 3 fully saturated rings. The van der Waals surface area contributed by atoms with Crippen molar-refractivity contribution in [3.8, 4) is 11.5 Å². The molecule has 5 heterocycles. The average molecular weight is 1100 g/mol. The second-order valence-electron chi connectivity index (χ2n) is 20.7. The molecule has 0 bridgehead atoms. The van der Waals surface area contributed by atoms with Crippen molar-refractivity contribution in [1.82, 2.24) is 19.1 Å². The van der Waals surface area contributed by atoms with Crippen molar-refractivity contribution < 1.29 is 46.2 Å². The summed E-state index contributed by atoms with van der Waals surface area (Å²) in [5.74, 6) is 1.31. The third kappa shape index (κ3) is 10.7. The predicted octanol–water partition coefficient (Wildman–Crippen LogP) is 7.53. The van der Waals surface area contributed by atoms with Crippen molar-refractivity contribution in [3.63, 3.8) is 0 Å². The number of rotatable bonds is 17. The molecule has 3 saturated heterocycles. The summed E-state index contributed by atoms with van der Waals surface area (Å²) in [5.41, 5.74) is 5.41. The summed E-state index contributed by atoms with van der Waals surface area (Å²) >= 11 is 0. The number of aromatic amines is 1. The minimum Gasteiger partial charge on any atom is -0.497 e. The molecule has 20 heteroatoms. The lowest BCUT2D eigenvalue weighted by molar-refractivity contribution is -0.112. The Morgan fingerprint density at radius 1 is 0.731 bits per heavy atom. The highest BCUT2D eigenvalue weighted by Gasteiger charge is 2.57. The maximum atomic E-state index is 15.5. The molecule has 0 amide bonds. The first-order chi connectivity index (χ1) is 37.5. The Hall–Kier alpha value is -6.77. The lowest BCUT2D eigenvalue weighted by atomic mass is 9.80. The molecule has 78 heavy (non-hydrogen) atoms. The van der Waals surface area contributed by atoms with Crippen molar-refractivity contribution >= 4 is 32.3 Å². The maximum absolute atomic E-state index is 15.5. The Labute approximate surface area is 452 Å². The first-order valence-corrected chi connectivity index (χ1v) is 29.3. The SMILES string of the molecule is COc1ccc(C(OC[C@H]2O[C@@H](n3ccc(N)nc3=O)C[C@@H]2O[P@]2(=O)OCC[C@H]([C@H]3O[C@@H](n4cc(C)c(=O)[nH]c4=O)C[C@@H]3O[Si](c3ccccc3)(c3ccccc3)C(C)(C)C)O2)(c2ccccc2)c2ccc(OC)cc2)cc1. The molecule has 0 saturated carbocycles. The highest BCUT2D eigenvalue weighted by molar-refractivity contribution is 7.48. The first kappa shape index (κ1) is 54.6. The lowest BCUT2D eigenvalue weighted by Crippen LogP contribution is -2.68. The van der Waals surface area contributed by atoms with Crippen molar-refractivity contribution in [2.24, 2.45) is 0 Å². The second kappa shape index (κ2) is 22.5. The van der Waals surface area contributed by atoms with Gasteiger partial charge in [0.15, 0.2) is 0 Å². The molecular formula is C58H64N5O13PSi. The summed E-state index contributed by atoms with van der Waals surface area (Å²) < 4.78 is 77.1. The number of nitrogens with one attached hydrogen (secondary N) is 1. The van der Waals surface area contributed by atoms with Crippen LogP contribution in [-0.2, 0) is 42.4 Å². The van der Waals surface area contributed by atoms with Gasteiger partial charge in [-0.3, -0.25) is 32.5 Å². The molecule has 2 aromatic heterocycles. The van der Waals surface area contributed by atoms with Crippen LogP contribution in [0.15, 0.2) is 172 Å². The van der Waals surface area contributed by atoms with E-state index in [-0.39, 0.29) is 38.3 Å². The van der Waals surface area contributed by atoms with Gasteiger partial charge < -0.3 is 33.8 Å². The molecule has 5 aromatic carbocycles. The lowest BCUT2D eigenvalue weighted by Gasteiger charge is -2.46. The van der Waals surface area contributed by atoms with Gasteiger partial charge in [0, 0.05) is 37.2 Å². The number of aryl methyl sites for hydroxylation is 1. The molecule has 3 N–H and O–H groups in total. The Morgan fingerprint density at radius 2 is 1.28 bits per heavy atom. The highest BCUT2D eigenvalue weighted by Crippen LogP contribution is 2.58. The molecule has 0 unspecified atom stereocenters. The fourth-order valence-electron chi connectivity index (χ4n) is 11.0. The third-order valence-electron chi connectivity index (χ3n) is 14.8. The fourth-order valence-corrected chi connectivity index (χ4v) is 17.3. The number of methoxy groups -OCH3 is 2. The maximum Gasteiger partial charge on any atom is 0.475 e. The summed E-state index contributed by atoms with van der Waals surface area (Å²) in [6.45, 7) is 7.85. The van der Waals surface area contributed by atoms with E-state index < -0.39 is 86.7 Å². The van der Waals surface area contributed by atoms with Crippen LogP contribution in [0.25, 0.3) is 0 Å². The predicted molar refractivity (Wildman–Crippen MR) is 295 cm³/mol. The number of phosphoric ester groups is 1. The van der Waals surface area contributed by atoms with E-state index in [2.05, 4.69) is 55.0 Å². The second-order valence-corrected chi connectivity index (χ2v) is 26.5. The zero-order chi connectivity index (χ0) is 54.8. The van der Waals surface area contributed by atoms with Gasteiger partial charge in [0.25, 0.3) is 13.9 Å². The number of ether oxygens (including phenoxy) is 5. The Morgan fingerprint density at radius 3 is 1.85 bits per heavy atom. The van der Waals surface area contributed by atoms with Gasteiger partial charge in [0.1, 0.15) is 59.8 Å². The number of hydrogen-bond donors (Lipinski definition) is 2. The average Bonchev–Trinajstić information content (AvgIpc) is 4.16. The monoisotopic (exact) mass is 1100 g/mol. The number of aromatic nitrogens is 4. The van der Waals surface area contributed by atoms with Crippen LogP contribution < -0.4 is 42.5 Å². The molecule has 408 valence electrons. The van der Waals surface area contributed by atoms with Crippen molar-refractivity contribution in [2.45, 2.75) is 101 Å². The van der Waals surface area contributed by atoms with Gasteiger partial charge in [-0.2, -0.15) is 4.98 Å². The van der Waals surface area contributed by atoms with E-state index in [1.54, 1.807) is 21.1 Å². The van der Waals surface area contributed by atoms with Crippen LogP contribution in [0, 0.1) is 6.92 Å². The largest absolute Gasteiger partial charge is 0.497 e. The van der Waals surface area contributed by atoms with Crippen molar-refractivity contribution in [1.29, 1.82) is 0 Å². The number of benzene rings is 5. The van der Waals surface area contributed by atoms with Crippen LogP contribution in [0.4, 0.5) is 5.82 Å². The highest BCUT2D eigenvalue weighted by atomic mass is 31.2. The molecule has 10 rings (SSSR count). The van der Waals surface area contributed by atoms with E-state index in [4.69, 9.17) is 47.4 Å². The molecule has 7 aromatic rings. The van der Waals surface area contributed by atoms with Crippen LogP contribution in [0.2, 0.25) is 5.04 Å². The number of H-pyrrole nitrogens is 1. The third-order valence-corrected chi connectivity index (χ3v) is 21.5. The summed E-state index contributed by atoms with van der Waals surface area (Å²) in [7, 11) is -4.69. The minimum absolute atomic E-state index is 0.0135. The Kier molecular flexibility index (Phi) is 15.8. The van der Waals surface area contributed by atoms with E-state index in [9.17, 15) is 14.4 Å². The number of anilines is 1. The van der Waals surface area contributed by atoms with Crippen LogP contribution in [0.5, 0.6) is 11.5 Å². The van der Waals surface area contributed by atoms with Gasteiger partial charge in [-0.05, 0) is 69.4 Å². The molecular weight excluding hydrogens is 1030 g/mol. The van der Waals surface area contributed by atoms with Crippen LogP contribution in [0.1, 0.15) is 74.7 Å². The number of phosphoric acid groups is 1. The minimum atomic E-state index is -4.57. The van der Waals surface area contributed by atoms with Gasteiger partial charge >= 0.3 is 19.2 Å². The van der Waals surface area contributed by atoms with E-state index in [1.807, 2.05) is 115 Å². The van der Waals surface area contributed by atoms with Gasteiger partial charge in [-0.1, -0.05) is 136 Å². The van der Waals surface area contributed by atoms with Crippen LogP contribution >= 0.6 is 7.82 Å². The molecule has 3 aliphatic rings. The summed E-state index contributed by atoms with van der Waals surface area (Å²) in [6, 6.07) is 46.6. The zero-order valence-corrected chi connectivity index (χ0v) is 46.2. The molecule has 0 spiro atoms. The van der Waals surface area contributed by atoms with Crippen molar-refractivity contribution in [3.05, 3.63) is 212 Å². The van der Waals surface area contributed by atoms with Gasteiger partial charge in [-0.25, -0.2) is 14.2 Å². The topological polar surface area (TPSA) is 216 Å². The number of nitrogens with two attached hydrogens (primary N) is 1. The Balaban J connectivity index is 1.01. The van der Waals surface area contributed by atoms with Gasteiger partial charge in [0.2, 0.25) is 0 Å². The number of hydrogen-bond acceptors (Lipinski definition) is 15. The van der Waals surface area contributed by atoms with E-state index in [1.165, 1.54) is 27.6 Å². The standard InChI is InChI=1S/C58H64N5O13PSi/c1-38-36-63(56(66)61-54(38)64)52-35-48(76-78(57(2,3)4,44-18-12-8-13-19-44)45-20-14-9-15-21-45)53(73-52)46-31-33-71-77(67,74-46)75-47-34-51(62-32-30-50(59)60-55(62)65)72-49(47)37-70-58(39-16-10-7-11-17-39,40-22-26-42(68-5)27-23-40)41-24-28-43(69-6)29-25-41/h7-30,32,36,46-49,51-53H,31,33-35,37H2,1-6H3,(H2,59,60,65)(H,61,64,66)/t46-,47+,48+,49-,51-,52-,53-,77-/m1/s1. The quantitative estimate of drug-likeness (QED) is 0.0512. The summed E-state index contributed by atoms with van der Waals surface area (Å²) in [4.78, 5) is 46.0. The van der Waals surface area contributed by atoms with E-state index in [0.717, 1.165) is 27.1 Å². The molecule has 3 aliphatic heterocycles. The van der Waals surface area contributed by atoms with E-state index in [0.29, 0.717) is 17.1 Å². The fraction of sp³-hybridized carbons (Fsp3) is 0.345. The number of nitrogen functional groups attached to an aromatic ring is 1. The molecule has 0 aliphatic carbocycles. The number of nitrogens with zero attached hydrogens (tertiary/aromatic N) is 3. The molecule has 8 atom stereocenters. The normalized spacial score (nSPS) is 23.7.